The maximum absolute atomic E-state index is 11.8. The SMILES string of the molecule is CCCNC(=O)CN(C)C(=O)C(C)(C)C(=O)O. The number of nitrogens with zero attached hydrogens (tertiary/aromatic N) is 1. The zero-order chi connectivity index (χ0) is 13.6. The number of carboxylic acids is 1. The number of hydrogen-bond acceptors (Lipinski definition) is 3. The number of amides is 2. The van der Waals surface area contributed by atoms with Crippen LogP contribution in [0.2, 0.25) is 0 Å². The lowest BCUT2D eigenvalue weighted by molar-refractivity contribution is -0.158. The van der Waals surface area contributed by atoms with Gasteiger partial charge >= 0.3 is 5.97 Å². The monoisotopic (exact) mass is 244 g/mol. The van der Waals surface area contributed by atoms with Gasteiger partial charge in [0, 0.05) is 13.6 Å². The summed E-state index contributed by atoms with van der Waals surface area (Å²) >= 11 is 0. The van der Waals surface area contributed by atoms with Gasteiger partial charge in [-0.2, -0.15) is 0 Å². The summed E-state index contributed by atoms with van der Waals surface area (Å²) in [4.78, 5) is 35.1. The molecule has 2 amide bonds. The molecule has 6 heteroatoms. The third-order valence-corrected chi connectivity index (χ3v) is 2.37. The molecule has 0 rings (SSSR count). The van der Waals surface area contributed by atoms with Crippen molar-refractivity contribution in [3.8, 4) is 0 Å². The van der Waals surface area contributed by atoms with E-state index in [-0.39, 0.29) is 12.5 Å². The highest BCUT2D eigenvalue weighted by atomic mass is 16.4. The molecule has 0 aliphatic heterocycles. The second kappa shape index (κ2) is 6.22. The van der Waals surface area contributed by atoms with Gasteiger partial charge in [0.2, 0.25) is 11.8 Å². The van der Waals surface area contributed by atoms with Crippen molar-refractivity contribution in [1.82, 2.24) is 10.2 Å². The molecule has 0 aliphatic rings. The Balaban J connectivity index is 4.42. The van der Waals surface area contributed by atoms with E-state index in [1.807, 2.05) is 6.92 Å². The Labute approximate surface area is 101 Å². The maximum atomic E-state index is 11.8. The first kappa shape index (κ1) is 15.4. The lowest BCUT2D eigenvalue weighted by Gasteiger charge is -2.25. The van der Waals surface area contributed by atoms with Crippen LogP contribution in [-0.2, 0) is 14.4 Å². The van der Waals surface area contributed by atoms with Crippen LogP contribution in [0.5, 0.6) is 0 Å². The Kier molecular flexibility index (Phi) is 5.64. The van der Waals surface area contributed by atoms with Crippen LogP contribution >= 0.6 is 0 Å². The van der Waals surface area contributed by atoms with Crippen LogP contribution in [0.15, 0.2) is 0 Å². The number of carboxylic acid groups (broad SMARTS) is 1. The van der Waals surface area contributed by atoms with E-state index < -0.39 is 17.3 Å². The smallest absolute Gasteiger partial charge is 0.318 e. The van der Waals surface area contributed by atoms with Crippen molar-refractivity contribution >= 4 is 17.8 Å². The van der Waals surface area contributed by atoms with Crippen molar-refractivity contribution in [1.29, 1.82) is 0 Å². The molecule has 0 saturated carbocycles. The Hall–Kier alpha value is -1.59. The number of nitrogens with one attached hydrogen (secondary N) is 1. The molecule has 0 atom stereocenters. The number of aliphatic carboxylic acids is 1. The third kappa shape index (κ3) is 4.42. The predicted octanol–water partition coefficient (Wildman–Crippen LogP) is 0.0818. The summed E-state index contributed by atoms with van der Waals surface area (Å²) < 4.78 is 0. The molecule has 0 bridgehead atoms. The number of carbonyl (C=O) groups excluding carboxylic acids is 2. The van der Waals surface area contributed by atoms with E-state index in [0.717, 1.165) is 11.3 Å². The van der Waals surface area contributed by atoms with E-state index in [1.165, 1.54) is 20.9 Å². The van der Waals surface area contributed by atoms with Gasteiger partial charge in [-0.25, -0.2) is 0 Å². The van der Waals surface area contributed by atoms with E-state index in [1.54, 1.807) is 0 Å². The Morgan fingerprint density at radius 2 is 1.82 bits per heavy atom. The van der Waals surface area contributed by atoms with E-state index >= 15 is 0 Å². The zero-order valence-corrected chi connectivity index (χ0v) is 10.7. The fourth-order valence-corrected chi connectivity index (χ4v) is 1.18. The van der Waals surface area contributed by atoms with Crippen LogP contribution in [0.3, 0.4) is 0 Å². The van der Waals surface area contributed by atoms with Crippen molar-refractivity contribution in [3.05, 3.63) is 0 Å². The lowest BCUT2D eigenvalue weighted by Crippen LogP contribution is -2.47. The number of rotatable bonds is 6. The minimum atomic E-state index is -1.51. The first-order chi connectivity index (χ1) is 7.73. The van der Waals surface area contributed by atoms with Crippen molar-refractivity contribution < 1.29 is 19.5 Å². The van der Waals surface area contributed by atoms with Gasteiger partial charge in [0.05, 0.1) is 6.54 Å². The number of likely N-dealkylation sites (N-methyl/N-ethyl adjacent to an activating group) is 1. The molecule has 0 aromatic carbocycles. The van der Waals surface area contributed by atoms with Crippen molar-refractivity contribution in [3.63, 3.8) is 0 Å². The molecular formula is C11H20N2O4. The molecule has 17 heavy (non-hydrogen) atoms. The Bertz CT molecular complexity index is 313. The molecule has 0 heterocycles. The van der Waals surface area contributed by atoms with Crippen molar-refractivity contribution in [2.75, 3.05) is 20.1 Å². The van der Waals surface area contributed by atoms with Crippen LogP contribution in [-0.4, -0.2) is 47.9 Å². The largest absolute Gasteiger partial charge is 0.480 e. The van der Waals surface area contributed by atoms with Crippen LogP contribution in [0.4, 0.5) is 0 Å². The minimum absolute atomic E-state index is 0.129. The summed E-state index contributed by atoms with van der Waals surface area (Å²) in [5.41, 5.74) is -1.51. The van der Waals surface area contributed by atoms with Gasteiger partial charge < -0.3 is 15.3 Å². The van der Waals surface area contributed by atoms with Gasteiger partial charge in [-0.15, -0.1) is 0 Å². The molecule has 98 valence electrons. The molecule has 0 spiro atoms. The fourth-order valence-electron chi connectivity index (χ4n) is 1.18. The van der Waals surface area contributed by atoms with Gasteiger partial charge in [-0.1, -0.05) is 6.92 Å². The van der Waals surface area contributed by atoms with Crippen LogP contribution < -0.4 is 5.32 Å². The standard InChI is InChI=1S/C11H20N2O4/c1-5-6-12-8(14)7-13(4)9(15)11(2,3)10(16)17/h5-7H2,1-4H3,(H,12,14)(H,16,17). The van der Waals surface area contributed by atoms with Crippen molar-refractivity contribution in [2.45, 2.75) is 27.2 Å². The summed E-state index contributed by atoms with van der Waals surface area (Å²) in [5.74, 6) is -2.08. The molecule has 0 fully saturated rings. The molecule has 0 saturated heterocycles. The quantitative estimate of drug-likeness (QED) is 0.648. The van der Waals surface area contributed by atoms with Gasteiger partial charge in [0.25, 0.3) is 0 Å². The van der Waals surface area contributed by atoms with Crippen LogP contribution in [0, 0.1) is 5.41 Å². The fraction of sp³-hybridized carbons (Fsp3) is 0.727. The second-order valence-electron chi connectivity index (χ2n) is 4.44. The van der Waals surface area contributed by atoms with Gasteiger partial charge in [0.1, 0.15) is 5.41 Å². The van der Waals surface area contributed by atoms with E-state index in [2.05, 4.69) is 5.32 Å². The molecular weight excluding hydrogens is 224 g/mol. The first-order valence-electron chi connectivity index (χ1n) is 5.49. The number of hydrogen-bond donors (Lipinski definition) is 2. The van der Waals surface area contributed by atoms with Crippen molar-refractivity contribution in [2.24, 2.45) is 5.41 Å². The average Bonchev–Trinajstić information content (AvgIpc) is 2.24. The van der Waals surface area contributed by atoms with Gasteiger partial charge in [0.15, 0.2) is 0 Å². The van der Waals surface area contributed by atoms with Crippen LogP contribution in [0.1, 0.15) is 27.2 Å². The summed E-state index contributed by atoms with van der Waals surface area (Å²) in [6.07, 6.45) is 0.810. The number of carbonyl (C=O) groups is 3. The summed E-state index contributed by atoms with van der Waals surface area (Å²) in [5, 5.41) is 11.5. The summed E-state index contributed by atoms with van der Waals surface area (Å²) in [6, 6.07) is 0. The third-order valence-electron chi connectivity index (χ3n) is 2.37. The zero-order valence-electron chi connectivity index (χ0n) is 10.7. The molecule has 2 N–H and O–H groups in total. The average molecular weight is 244 g/mol. The first-order valence-corrected chi connectivity index (χ1v) is 5.49. The van der Waals surface area contributed by atoms with E-state index in [9.17, 15) is 14.4 Å². The molecule has 0 radical (unpaired) electrons. The molecule has 0 aromatic heterocycles. The highest BCUT2D eigenvalue weighted by Crippen LogP contribution is 2.18. The topological polar surface area (TPSA) is 86.7 Å². The minimum Gasteiger partial charge on any atom is -0.480 e. The molecule has 0 aliphatic carbocycles. The lowest BCUT2D eigenvalue weighted by atomic mass is 9.92. The Morgan fingerprint density at radius 1 is 1.29 bits per heavy atom. The Morgan fingerprint density at radius 3 is 2.24 bits per heavy atom. The molecule has 0 unspecified atom stereocenters. The van der Waals surface area contributed by atoms with E-state index in [0.29, 0.717) is 6.54 Å². The predicted molar refractivity (Wildman–Crippen MR) is 62.4 cm³/mol. The van der Waals surface area contributed by atoms with E-state index in [4.69, 9.17) is 5.11 Å². The maximum Gasteiger partial charge on any atom is 0.318 e. The summed E-state index contributed by atoms with van der Waals surface area (Å²) in [6.45, 7) is 4.97. The van der Waals surface area contributed by atoms with Gasteiger partial charge in [-0.05, 0) is 20.3 Å². The normalized spacial score (nSPS) is 10.8. The van der Waals surface area contributed by atoms with Gasteiger partial charge in [-0.3, -0.25) is 14.4 Å². The molecule has 0 aromatic rings. The highest BCUT2D eigenvalue weighted by Gasteiger charge is 2.38. The van der Waals surface area contributed by atoms with Crippen LogP contribution in [0.25, 0.3) is 0 Å². The highest BCUT2D eigenvalue weighted by molar-refractivity contribution is 6.01. The molecule has 6 nitrogen and oxygen atoms in total. The second-order valence-corrected chi connectivity index (χ2v) is 4.44. The summed E-state index contributed by atoms with van der Waals surface area (Å²) in [7, 11) is 1.42.